The van der Waals surface area contributed by atoms with Crippen LogP contribution in [0.1, 0.15) is 25.3 Å². The number of hydrogen-bond acceptors (Lipinski definition) is 4. The molecule has 1 aromatic carbocycles. The molecule has 1 atom stereocenters. The van der Waals surface area contributed by atoms with E-state index in [9.17, 15) is 14.4 Å². The monoisotopic (exact) mass is 290 g/mol. The van der Waals surface area contributed by atoms with Gasteiger partial charge in [-0.1, -0.05) is 43.7 Å². The summed E-state index contributed by atoms with van der Waals surface area (Å²) in [6, 6.07) is 8.51. The topological polar surface area (TPSA) is 75.7 Å². The minimum Gasteiger partial charge on any atom is -0.468 e. The molecule has 0 aromatic heterocycles. The van der Waals surface area contributed by atoms with E-state index in [0.717, 1.165) is 10.5 Å². The molecule has 1 aliphatic heterocycles. The molecule has 2 rings (SSSR count). The molecule has 1 aliphatic rings. The maximum absolute atomic E-state index is 12.7. The Bertz CT molecular complexity index is 558. The van der Waals surface area contributed by atoms with E-state index in [2.05, 4.69) is 10.1 Å². The number of imide groups is 1. The highest BCUT2D eigenvalue weighted by Crippen LogP contribution is 2.33. The Morgan fingerprint density at radius 3 is 2.52 bits per heavy atom. The number of nitrogens with zero attached hydrogens (tertiary/aromatic N) is 1. The molecule has 3 amide bonds. The second-order valence-electron chi connectivity index (χ2n) is 4.92. The molecule has 1 saturated heterocycles. The van der Waals surface area contributed by atoms with Crippen molar-refractivity contribution in [1.29, 1.82) is 0 Å². The summed E-state index contributed by atoms with van der Waals surface area (Å²) in [4.78, 5) is 37.1. The number of methoxy groups -OCH3 is 1. The summed E-state index contributed by atoms with van der Waals surface area (Å²) in [7, 11) is 1.22. The fourth-order valence-corrected chi connectivity index (χ4v) is 2.57. The van der Waals surface area contributed by atoms with Gasteiger partial charge < -0.3 is 10.1 Å². The normalized spacial score (nSPS) is 21.3. The van der Waals surface area contributed by atoms with Crippen molar-refractivity contribution in [3.05, 3.63) is 35.9 Å². The molecule has 0 bridgehead atoms. The van der Waals surface area contributed by atoms with Crippen LogP contribution in [0.4, 0.5) is 4.79 Å². The van der Waals surface area contributed by atoms with Gasteiger partial charge in [0, 0.05) is 0 Å². The zero-order valence-corrected chi connectivity index (χ0v) is 12.1. The molecule has 0 saturated carbocycles. The van der Waals surface area contributed by atoms with E-state index in [1.54, 1.807) is 12.1 Å². The Morgan fingerprint density at radius 1 is 1.29 bits per heavy atom. The Morgan fingerprint density at radius 2 is 1.95 bits per heavy atom. The molecule has 1 fully saturated rings. The van der Waals surface area contributed by atoms with Gasteiger partial charge >= 0.3 is 12.0 Å². The average molecular weight is 290 g/mol. The van der Waals surface area contributed by atoms with Gasteiger partial charge in [0.2, 0.25) is 0 Å². The van der Waals surface area contributed by atoms with E-state index >= 15 is 0 Å². The molecule has 0 radical (unpaired) electrons. The second kappa shape index (κ2) is 5.95. The van der Waals surface area contributed by atoms with Crippen molar-refractivity contribution in [2.24, 2.45) is 0 Å². The molecule has 1 aromatic rings. The Hall–Kier alpha value is -2.37. The fourth-order valence-electron chi connectivity index (χ4n) is 2.57. The van der Waals surface area contributed by atoms with E-state index in [-0.39, 0.29) is 6.54 Å². The summed E-state index contributed by atoms with van der Waals surface area (Å²) in [6.45, 7) is 1.56. The number of ether oxygens (including phenoxy) is 1. The summed E-state index contributed by atoms with van der Waals surface area (Å²) < 4.78 is 4.53. The molecule has 112 valence electrons. The summed E-state index contributed by atoms with van der Waals surface area (Å²) >= 11 is 0. The number of benzene rings is 1. The molecule has 1 N–H and O–H groups in total. The molecule has 0 spiro atoms. The van der Waals surface area contributed by atoms with E-state index in [1.165, 1.54) is 7.11 Å². The van der Waals surface area contributed by atoms with Gasteiger partial charge in [-0.2, -0.15) is 0 Å². The Kier molecular flexibility index (Phi) is 4.26. The first-order valence-electron chi connectivity index (χ1n) is 6.81. The lowest BCUT2D eigenvalue weighted by molar-refractivity contribution is -0.145. The van der Waals surface area contributed by atoms with Gasteiger partial charge in [0.25, 0.3) is 5.91 Å². The van der Waals surface area contributed by atoms with Gasteiger partial charge in [0.15, 0.2) is 0 Å². The number of amides is 3. The quantitative estimate of drug-likeness (QED) is 0.657. The third kappa shape index (κ3) is 2.61. The maximum Gasteiger partial charge on any atom is 0.325 e. The molecule has 21 heavy (non-hydrogen) atoms. The van der Waals surface area contributed by atoms with Gasteiger partial charge in [0.1, 0.15) is 12.1 Å². The molecule has 6 nitrogen and oxygen atoms in total. The maximum atomic E-state index is 12.7. The highest BCUT2D eigenvalue weighted by molar-refractivity contribution is 6.09. The van der Waals surface area contributed by atoms with Crippen molar-refractivity contribution >= 4 is 17.9 Å². The first-order valence-corrected chi connectivity index (χ1v) is 6.81. The van der Waals surface area contributed by atoms with E-state index in [0.29, 0.717) is 12.8 Å². The van der Waals surface area contributed by atoms with Crippen LogP contribution in [0.3, 0.4) is 0 Å². The molecule has 0 unspecified atom stereocenters. The molecule has 0 aliphatic carbocycles. The third-order valence-electron chi connectivity index (χ3n) is 3.58. The Labute approximate surface area is 123 Å². The number of carbonyl (C=O) groups is 3. The van der Waals surface area contributed by atoms with Crippen molar-refractivity contribution in [2.75, 3.05) is 13.7 Å². The van der Waals surface area contributed by atoms with Crippen molar-refractivity contribution in [3.8, 4) is 0 Å². The number of nitrogens with one attached hydrogen (secondary N) is 1. The Balaban J connectivity index is 2.38. The summed E-state index contributed by atoms with van der Waals surface area (Å²) in [5.74, 6) is -1.04. The molecular weight excluding hydrogens is 272 g/mol. The molecule has 1 heterocycles. The van der Waals surface area contributed by atoms with Crippen LogP contribution in [0.5, 0.6) is 0 Å². The lowest BCUT2D eigenvalue weighted by atomic mass is 9.85. The molecule has 6 heteroatoms. The first kappa shape index (κ1) is 15.0. The van der Waals surface area contributed by atoms with Gasteiger partial charge in [0.05, 0.1) is 7.11 Å². The highest BCUT2D eigenvalue weighted by atomic mass is 16.5. The van der Waals surface area contributed by atoms with E-state index in [4.69, 9.17) is 0 Å². The van der Waals surface area contributed by atoms with Crippen molar-refractivity contribution in [3.63, 3.8) is 0 Å². The lowest BCUT2D eigenvalue weighted by Crippen LogP contribution is -2.44. The van der Waals surface area contributed by atoms with Gasteiger partial charge in [-0.15, -0.1) is 0 Å². The van der Waals surface area contributed by atoms with Crippen LogP contribution >= 0.6 is 0 Å². The first-order chi connectivity index (χ1) is 10.0. The lowest BCUT2D eigenvalue weighted by Gasteiger charge is -2.26. The zero-order valence-electron chi connectivity index (χ0n) is 12.1. The zero-order chi connectivity index (χ0) is 15.5. The summed E-state index contributed by atoms with van der Waals surface area (Å²) in [6.07, 6.45) is 1.19. The largest absolute Gasteiger partial charge is 0.468 e. The highest BCUT2D eigenvalue weighted by Gasteiger charge is 2.52. The minimum absolute atomic E-state index is 0.376. The van der Waals surface area contributed by atoms with Crippen LogP contribution in [0.2, 0.25) is 0 Å². The van der Waals surface area contributed by atoms with Gasteiger partial charge in [-0.3, -0.25) is 14.5 Å². The SMILES string of the molecule is CCC[C@]1(c2ccccc2)NC(=O)N(CC(=O)OC)C1=O. The van der Waals surface area contributed by atoms with Gasteiger partial charge in [-0.25, -0.2) is 4.79 Å². The van der Waals surface area contributed by atoms with E-state index in [1.807, 2.05) is 25.1 Å². The summed E-state index contributed by atoms with van der Waals surface area (Å²) in [5.41, 5.74) is -0.376. The smallest absolute Gasteiger partial charge is 0.325 e. The second-order valence-corrected chi connectivity index (χ2v) is 4.92. The van der Waals surface area contributed by atoms with Crippen LogP contribution in [0.15, 0.2) is 30.3 Å². The van der Waals surface area contributed by atoms with Crippen LogP contribution in [0.25, 0.3) is 0 Å². The predicted octanol–water partition coefficient (Wildman–Crippen LogP) is 1.41. The van der Waals surface area contributed by atoms with Crippen molar-refractivity contribution in [2.45, 2.75) is 25.3 Å². The van der Waals surface area contributed by atoms with Crippen LogP contribution < -0.4 is 5.32 Å². The van der Waals surface area contributed by atoms with Crippen molar-refractivity contribution < 1.29 is 19.1 Å². The predicted molar refractivity (Wildman–Crippen MR) is 75.3 cm³/mol. The van der Waals surface area contributed by atoms with Gasteiger partial charge in [-0.05, 0) is 12.0 Å². The standard InChI is InChI=1S/C15H18N2O4/c1-3-9-15(11-7-5-4-6-8-11)13(19)17(14(20)16-15)10-12(18)21-2/h4-8H,3,9-10H2,1-2H3,(H,16,20)/t15-/m1/s1. The number of urea groups is 1. The molecular formula is C15H18N2O4. The van der Waals surface area contributed by atoms with Crippen LogP contribution in [-0.2, 0) is 19.9 Å². The third-order valence-corrected chi connectivity index (χ3v) is 3.58. The number of carbonyl (C=O) groups excluding carboxylic acids is 3. The average Bonchev–Trinajstić information content (AvgIpc) is 2.73. The summed E-state index contributed by atoms with van der Waals surface area (Å²) in [5, 5.41) is 2.74. The number of hydrogen-bond donors (Lipinski definition) is 1. The number of esters is 1. The van der Waals surface area contributed by atoms with Crippen LogP contribution in [-0.4, -0.2) is 36.5 Å². The number of rotatable bonds is 5. The minimum atomic E-state index is -1.10. The van der Waals surface area contributed by atoms with Crippen molar-refractivity contribution in [1.82, 2.24) is 10.2 Å². The van der Waals surface area contributed by atoms with E-state index < -0.39 is 23.4 Å². The fraction of sp³-hybridized carbons (Fsp3) is 0.400. The van der Waals surface area contributed by atoms with Crippen LogP contribution in [0, 0.1) is 0 Å².